The summed E-state index contributed by atoms with van der Waals surface area (Å²) in [7, 11) is -3.36. The molecule has 1 aromatic carbocycles. The highest BCUT2D eigenvalue weighted by atomic mass is 32.2. The van der Waals surface area contributed by atoms with E-state index in [4.69, 9.17) is 5.11 Å². The van der Waals surface area contributed by atoms with Gasteiger partial charge in [-0.05, 0) is 30.5 Å². The van der Waals surface area contributed by atoms with Crippen LogP contribution in [-0.2, 0) is 25.8 Å². The highest BCUT2D eigenvalue weighted by molar-refractivity contribution is 7.92. The van der Waals surface area contributed by atoms with Crippen molar-refractivity contribution in [2.75, 3.05) is 11.1 Å². The highest BCUT2D eigenvalue weighted by Gasteiger charge is 2.34. The third-order valence-electron chi connectivity index (χ3n) is 3.45. The van der Waals surface area contributed by atoms with Crippen LogP contribution in [-0.4, -0.2) is 36.4 Å². The van der Waals surface area contributed by atoms with Gasteiger partial charge in [-0.25, -0.2) is 8.42 Å². The first kappa shape index (κ1) is 15.5. The predicted molar refractivity (Wildman–Crippen MR) is 77.8 cm³/mol. The van der Waals surface area contributed by atoms with Gasteiger partial charge in [0.05, 0.1) is 12.2 Å². The Balaban J connectivity index is 2.04. The lowest BCUT2D eigenvalue weighted by Gasteiger charge is -2.21. The van der Waals surface area contributed by atoms with Gasteiger partial charge in [0, 0.05) is 5.69 Å². The molecule has 0 spiro atoms. The summed E-state index contributed by atoms with van der Waals surface area (Å²) in [4.78, 5) is 22.6. The molecule has 0 aromatic heterocycles. The van der Waals surface area contributed by atoms with E-state index >= 15 is 0 Å². The lowest BCUT2D eigenvalue weighted by molar-refractivity contribution is -0.136. The van der Waals surface area contributed by atoms with E-state index in [9.17, 15) is 18.0 Å². The summed E-state index contributed by atoms with van der Waals surface area (Å²) in [6, 6.07) is 6.34. The van der Waals surface area contributed by atoms with Crippen LogP contribution >= 0.6 is 0 Å². The van der Waals surface area contributed by atoms with E-state index < -0.39 is 27.0 Å². The molecule has 0 aliphatic carbocycles. The van der Waals surface area contributed by atoms with Crippen molar-refractivity contribution < 1.29 is 23.1 Å². The number of benzene rings is 1. The zero-order chi connectivity index (χ0) is 15.5. The molecule has 1 saturated heterocycles. The van der Waals surface area contributed by atoms with Crippen molar-refractivity contribution in [3.05, 3.63) is 29.8 Å². The quantitative estimate of drug-likeness (QED) is 0.870. The number of aliphatic carboxylic acids is 1. The SMILES string of the molecule is O=C(O)Cc1ccc(NC(=O)C2CCCCS2(=O)=O)cc1. The lowest BCUT2D eigenvalue weighted by Crippen LogP contribution is -2.39. The van der Waals surface area contributed by atoms with E-state index in [1.54, 1.807) is 24.3 Å². The van der Waals surface area contributed by atoms with Crippen molar-refractivity contribution in [1.29, 1.82) is 0 Å². The second-order valence-corrected chi connectivity index (χ2v) is 7.41. The molecule has 0 radical (unpaired) electrons. The van der Waals surface area contributed by atoms with Crippen LogP contribution in [0.5, 0.6) is 0 Å². The predicted octanol–water partition coefficient (Wildman–Crippen LogP) is 1.22. The highest BCUT2D eigenvalue weighted by Crippen LogP contribution is 2.21. The number of carboxylic acids is 1. The van der Waals surface area contributed by atoms with Crippen LogP contribution in [0.1, 0.15) is 24.8 Å². The average Bonchev–Trinajstić information content (AvgIpc) is 2.39. The van der Waals surface area contributed by atoms with E-state index in [1.165, 1.54) is 0 Å². The Bertz CT molecular complexity index is 636. The van der Waals surface area contributed by atoms with Crippen LogP contribution < -0.4 is 5.32 Å². The van der Waals surface area contributed by atoms with Crippen LogP contribution in [0.25, 0.3) is 0 Å². The minimum absolute atomic E-state index is 0.0582. The van der Waals surface area contributed by atoms with E-state index in [0.29, 0.717) is 24.1 Å². The molecule has 6 nitrogen and oxygen atoms in total. The third-order valence-corrected chi connectivity index (χ3v) is 5.62. The first-order valence-corrected chi connectivity index (χ1v) is 8.43. The van der Waals surface area contributed by atoms with E-state index in [1.807, 2.05) is 0 Å². The van der Waals surface area contributed by atoms with E-state index in [0.717, 1.165) is 6.42 Å². The topological polar surface area (TPSA) is 101 Å². The van der Waals surface area contributed by atoms with Crippen LogP contribution in [0.2, 0.25) is 0 Å². The Morgan fingerprint density at radius 3 is 2.43 bits per heavy atom. The number of sulfone groups is 1. The normalized spacial score (nSPS) is 20.7. The molecule has 2 N–H and O–H groups in total. The molecule has 1 heterocycles. The van der Waals surface area contributed by atoms with Gasteiger partial charge in [0.1, 0.15) is 5.25 Å². The zero-order valence-electron chi connectivity index (χ0n) is 11.4. The maximum Gasteiger partial charge on any atom is 0.307 e. The zero-order valence-corrected chi connectivity index (χ0v) is 12.2. The number of carbonyl (C=O) groups excluding carboxylic acids is 1. The first-order valence-electron chi connectivity index (χ1n) is 6.71. The fourth-order valence-corrected chi connectivity index (χ4v) is 4.15. The fourth-order valence-electron chi connectivity index (χ4n) is 2.35. The fraction of sp³-hybridized carbons (Fsp3) is 0.429. The van der Waals surface area contributed by atoms with Crippen molar-refractivity contribution in [1.82, 2.24) is 0 Å². The molecule has 1 unspecified atom stereocenters. The molecule has 0 saturated carbocycles. The molecule has 7 heteroatoms. The molecule has 2 rings (SSSR count). The first-order chi connectivity index (χ1) is 9.88. The molecule has 0 bridgehead atoms. The number of anilines is 1. The summed E-state index contributed by atoms with van der Waals surface area (Å²) in [6.45, 7) is 0. The monoisotopic (exact) mass is 311 g/mol. The van der Waals surface area contributed by atoms with Crippen LogP contribution in [0.15, 0.2) is 24.3 Å². The molecular weight excluding hydrogens is 294 g/mol. The molecular formula is C14H17NO5S. The summed E-state index contributed by atoms with van der Waals surface area (Å²) in [5.41, 5.74) is 1.08. The summed E-state index contributed by atoms with van der Waals surface area (Å²) < 4.78 is 23.7. The van der Waals surface area contributed by atoms with Gasteiger partial charge < -0.3 is 10.4 Å². The summed E-state index contributed by atoms with van der Waals surface area (Å²) in [6.07, 6.45) is 1.60. The van der Waals surface area contributed by atoms with Crippen molar-refractivity contribution in [3.8, 4) is 0 Å². The summed E-state index contributed by atoms with van der Waals surface area (Å²) in [5.74, 6) is -1.39. The van der Waals surface area contributed by atoms with Gasteiger partial charge in [-0.3, -0.25) is 9.59 Å². The largest absolute Gasteiger partial charge is 0.481 e. The van der Waals surface area contributed by atoms with Crippen molar-refractivity contribution in [3.63, 3.8) is 0 Å². The Hall–Kier alpha value is -1.89. The second kappa shape index (κ2) is 6.26. The standard InChI is InChI=1S/C14H17NO5S/c16-13(17)9-10-4-6-11(7-5-10)15-14(18)12-3-1-2-8-21(12,19)20/h4-7,12H,1-3,8-9H2,(H,15,18)(H,16,17). The molecule has 1 atom stereocenters. The van der Waals surface area contributed by atoms with Crippen molar-refractivity contribution >= 4 is 27.4 Å². The maximum absolute atomic E-state index is 12.1. The molecule has 21 heavy (non-hydrogen) atoms. The van der Waals surface area contributed by atoms with Crippen LogP contribution in [0.4, 0.5) is 5.69 Å². The molecule has 1 amide bonds. The minimum atomic E-state index is -3.36. The number of hydrogen-bond acceptors (Lipinski definition) is 4. The second-order valence-electron chi connectivity index (χ2n) is 5.11. The summed E-state index contributed by atoms with van der Waals surface area (Å²) in [5, 5.41) is 10.3. The van der Waals surface area contributed by atoms with Crippen LogP contribution in [0, 0.1) is 0 Å². The van der Waals surface area contributed by atoms with Gasteiger partial charge >= 0.3 is 5.97 Å². The minimum Gasteiger partial charge on any atom is -0.481 e. The Labute approximate surface area is 123 Å². The number of carbonyl (C=O) groups is 2. The number of hydrogen-bond donors (Lipinski definition) is 2. The molecule has 1 aromatic rings. The number of rotatable bonds is 4. The summed E-state index contributed by atoms with van der Waals surface area (Å²) >= 11 is 0. The van der Waals surface area contributed by atoms with E-state index in [2.05, 4.69) is 5.32 Å². The lowest BCUT2D eigenvalue weighted by atomic mass is 10.1. The molecule has 1 aliphatic heterocycles. The Morgan fingerprint density at radius 2 is 1.86 bits per heavy atom. The molecule has 1 fully saturated rings. The van der Waals surface area contributed by atoms with Gasteiger partial charge in [0.2, 0.25) is 5.91 Å². The number of amides is 1. The van der Waals surface area contributed by atoms with Crippen molar-refractivity contribution in [2.45, 2.75) is 30.9 Å². The smallest absolute Gasteiger partial charge is 0.307 e. The number of carboxylic acid groups (broad SMARTS) is 1. The van der Waals surface area contributed by atoms with Gasteiger partial charge in [0.15, 0.2) is 9.84 Å². The molecule has 114 valence electrons. The van der Waals surface area contributed by atoms with Gasteiger partial charge in [-0.1, -0.05) is 18.6 Å². The number of nitrogens with one attached hydrogen (secondary N) is 1. The van der Waals surface area contributed by atoms with E-state index in [-0.39, 0.29) is 12.2 Å². The van der Waals surface area contributed by atoms with Gasteiger partial charge in [-0.2, -0.15) is 0 Å². The Kier molecular flexibility index (Phi) is 4.62. The van der Waals surface area contributed by atoms with Crippen molar-refractivity contribution in [2.24, 2.45) is 0 Å². The van der Waals surface area contributed by atoms with Gasteiger partial charge in [-0.15, -0.1) is 0 Å². The van der Waals surface area contributed by atoms with Gasteiger partial charge in [0.25, 0.3) is 0 Å². The van der Waals surface area contributed by atoms with Crippen LogP contribution in [0.3, 0.4) is 0 Å². The molecule has 1 aliphatic rings. The maximum atomic E-state index is 12.1. The average molecular weight is 311 g/mol. The Morgan fingerprint density at radius 1 is 1.19 bits per heavy atom. The third kappa shape index (κ3) is 4.04.